The van der Waals surface area contributed by atoms with E-state index in [1.54, 1.807) is 36.1 Å². The maximum absolute atomic E-state index is 13.7. The van der Waals surface area contributed by atoms with Crippen molar-refractivity contribution < 1.29 is 12.8 Å². The lowest BCUT2D eigenvalue weighted by atomic mass is 10.0. The van der Waals surface area contributed by atoms with E-state index in [0.29, 0.717) is 22.6 Å². The fourth-order valence-electron chi connectivity index (χ4n) is 3.85. The summed E-state index contributed by atoms with van der Waals surface area (Å²) in [6.45, 7) is 3.65. The Kier molecular flexibility index (Phi) is 5.63. The third-order valence-corrected chi connectivity index (χ3v) is 7.35. The first kappa shape index (κ1) is 23.4. The van der Waals surface area contributed by atoms with E-state index in [1.807, 2.05) is 14.0 Å². The molecule has 0 unspecified atom stereocenters. The fraction of sp³-hybridized carbons (Fsp3) is 0.174. The maximum atomic E-state index is 13.7. The number of nitrogens with two attached hydrogens (primary N) is 1. The molecule has 4 aromatic heterocycles. The highest BCUT2D eigenvalue weighted by molar-refractivity contribution is 7.90. The molecular weight excluding hydrogens is 485 g/mol. The van der Waals surface area contributed by atoms with Crippen molar-refractivity contribution in [3.05, 3.63) is 78.1 Å². The van der Waals surface area contributed by atoms with E-state index in [-0.39, 0.29) is 22.3 Å². The van der Waals surface area contributed by atoms with Gasteiger partial charge in [0.05, 0.1) is 29.0 Å². The molecule has 0 aliphatic rings. The Balaban J connectivity index is 1.77. The Morgan fingerprint density at radius 2 is 1.75 bits per heavy atom. The Morgan fingerprint density at radius 1 is 1.06 bits per heavy atom. The first-order valence-electron chi connectivity index (χ1n) is 10.9. The van der Waals surface area contributed by atoms with E-state index in [4.69, 9.17) is 5.73 Å². The lowest BCUT2D eigenvalue weighted by Gasteiger charge is -2.11. The van der Waals surface area contributed by atoms with Crippen LogP contribution in [0.15, 0.2) is 60.3 Å². The van der Waals surface area contributed by atoms with Gasteiger partial charge in [0.2, 0.25) is 5.95 Å². The summed E-state index contributed by atoms with van der Waals surface area (Å²) in [6.07, 6.45) is 6.91. The SMILES string of the molecule is Cc1ccc(S(=O)(=O)n2cc([C@H](C)c3ncc(F)cn3)c3c(Nc4cn(C)cn4)nc(N)nc32)cc1. The van der Waals surface area contributed by atoms with Crippen LogP contribution in [0, 0.1) is 12.7 Å². The van der Waals surface area contributed by atoms with Gasteiger partial charge in [0.25, 0.3) is 10.0 Å². The summed E-state index contributed by atoms with van der Waals surface area (Å²) in [5.41, 5.74) is 7.50. The summed E-state index contributed by atoms with van der Waals surface area (Å²) in [4.78, 5) is 21.1. The molecule has 1 atom stereocenters. The van der Waals surface area contributed by atoms with Crippen LogP contribution in [-0.4, -0.2) is 41.9 Å². The number of hydrogen-bond donors (Lipinski definition) is 2. The van der Waals surface area contributed by atoms with Crippen LogP contribution in [0.5, 0.6) is 0 Å². The number of aryl methyl sites for hydroxylation is 2. The van der Waals surface area contributed by atoms with E-state index in [1.165, 1.54) is 18.3 Å². The van der Waals surface area contributed by atoms with Crippen LogP contribution in [-0.2, 0) is 17.1 Å². The molecule has 0 fully saturated rings. The Morgan fingerprint density at radius 3 is 2.39 bits per heavy atom. The van der Waals surface area contributed by atoms with Crippen LogP contribution in [0.3, 0.4) is 0 Å². The largest absolute Gasteiger partial charge is 0.368 e. The molecule has 13 heteroatoms. The van der Waals surface area contributed by atoms with Gasteiger partial charge in [-0.2, -0.15) is 9.97 Å². The van der Waals surface area contributed by atoms with Gasteiger partial charge >= 0.3 is 0 Å². The maximum Gasteiger partial charge on any atom is 0.269 e. The zero-order chi connectivity index (χ0) is 25.6. The number of nitrogens with one attached hydrogen (secondary N) is 1. The third kappa shape index (κ3) is 4.13. The van der Waals surface area contributed by atoms with Crippen molar-refractivity contribution in [2.24, 2.45) is 7.05 Å². The second-order valence-electron chi connectivity index (χ2n) is 8.36. The smallest absolute Gasteiger partial charge is 0.269 e. The number of hydrogen-bond acceptors (Lipinski definition) is 9. The van der Waals surface area contributed by atoms with Crippen LogP contribution < -0.4 is 11.1 Å². The van der Waals surface area contributed by atoms with Crippen molar-refractivity contribution >= 4 is 38.6 Å². The number of halogens is 1. The zero-order valence-corrected chi connectivity index (χ0v) is 20.4. The highest BCUT2D eigenvalue weighted by atomic mass is 32.2. The topological polar surface area (TPSA) is 146 Å². The number of benzene rings is 1. The summed E-state index contributed by atoms with van der Waals surface area (Å²) in [5.74, 6) is -0.218. The first-order valence-corrected chi connectivity index (χ1v) is 12.3. The van der Waals surface area contributed by atoms with Crippen LogP contribution in [0.25, 0.3) is 11.0 Å². The molecule has 1 aromatic carbocycles. The summed E-state index contributed by atoms with van der Waals surface area (Å²) in [5, 5.41) is 3.50. The lowest BCUT2D eigenvalue weighted by Crippen LogP contribution is -2.13. The second-order valence-corrected chi connectivity index (χ2v) is 10.2. The number of anilines is 3. The molecule has 11 nitrogen and oxygen atoms in total. The third-order valence-electron chi connectivity index (χ3n) is 5.68. The van der Waals surface area contributed by atoms with E-state index in [0.717, 1.165) is 21.9 Å². The molecule has 36 heavy (non-hydrogen) atoms. The van der Waals surface area contributed by atoms with Crippen molar-refractivity contribution in [3.8, 4) is 0 Å². The molecule has 0 bridgehead atoms. The minimum absolute atomic E-state index is 0.0745. The van der Waals surface area contributed by atoms with Crippen LogP contribution >= 0.6 is 0 Å². The molecule has 4 heterocycles. The number of rotatable bonds is 6. The molecular formula is C23H22FN9O2S. The Bertz CT molecular complexity index is 1680. The summed E-state index contributed by atoms with van der Waals surface area (Å²) in [7, 11) is -2.25. The van der Waals surface area contributed by atoms with Gasteiger partial charge in [-0.1, -0.05) is 24.6 Å². The molecule has 5 aromatic rings. The van der Waals surface area contributed by atoms with Gasteiger partial charge < -0.3 is 15.6 Å². The monoisotopic (exact) mass is 507 g/mol. The van der Waals surface area contributed by atoms with E-state index in [9.17, 15) is 12.8 Å². The predicted octanol–water partition coefficient (Wildman–Crippen LogP) is 3.12. The highest BCUT2D eigenvalue weighted by Gasteiger charge is 2.28. The number of nitrogens with zero attached hydrogens (tertiary/aromatic N) is 7. The van der Waals surface area contributed by atoms with Crippen molar-refractivity contribution in [1.82, 2.24) is 33.5 Å². The average molecular weight is 508 g/mol. The molecule has 5 rings (SSSR count). The average Bonchev–Trinajstić information content (AvgIpc) is 3.43. The fourth-order valence-corrected chi connectivity index (χ4v) is 5.17. The molecule has 0 aliphatic carbocycles. The number of nitrogen functional groups attached to an aromatic ring is 1. The molecule has 0 saturated heterocycles. The zero-order valence-electron chi connectivity index (χ0n) is 19.6. The van der Waals surface area contributed by atoms with E-state index < -0.39 is 21.8 Å². The molecule has 0 saturated carbocycles. The van der Waals surface area contributed by atoms with Gasteiger partial charge in [-0.05, 0) is 24.6 Å². The van der Waals surface area contributed by atoms with Crippen LogP contribution in [0.2, 0.25) is 0 Å². The minimum Gasteiger partial charge on any atom is -0.368 e. The Hall–Kier alpha value is -4.39. The summed E-state index contributed by atoms with van der Waals surface area (Å²) < 4.78 is 43.7. The van der Waals surface area contributed by atoms with E-state index >= 15 is 0 Å². The molecule has 0 radical (unpaired) electrons. The number of aromatic nitrogens is 7. The first-order chi connectivity index (χ1) is 17.1. The standard InChI is InChI=1S/C23H22FN9O2S/c1-13-4-6-16(7-5-13)36(34,35)33-10-17(14(2)20-26-8-15(24)9-27-20)19-21(30-23(25)31-22(19)33)29-18-11-32(3)12-28-18/h4-12,14H,1-3H3,(H3,25,29,30,31)/t14-/m0/s1. The quantitative estimate of drug-likeness (QED) is 0.354. The van der Waals surface area contributed by atoms with E-state index in [2.05, 4.69) is 30.2 Å². The molecule has 3 N–H and O–H groups in total. The van der Waals surface area contributed by atoms with Crippen molar-refractivity contribution in [3.63, 3.8) is 0 Å². The highest BCUT2D eigenvalue weighted by Crippen LogP contribution is 2.37. The normalized spacial score (nSPS) is 12.7. The molecule has 184 valence electrons. The summed E-state index contributed by atoms with van der Waals surface area (Å²) in [6, 6.07) is 6.48. The number of imidazole rings is 1. The van der Waals surface area contributed by atoms with Gasteiger partial charge in [0, 0.05) is 25.4 Å². The van der Waals surface area contributed by atoms with Gasteiger partial charge in [0.1, 0.15) is 17.5 Å². The van der Waals surface area contributed by atoms with Gasteiger partial charge in [0.15, 0.2) is 11.5 Å². The number of fused-ring (bicyclic) bond motifs is 1. The van der Waals surface area contributed by atoms with Crippen molar-refractivity contribution in [2.75, 3.05) is 11.1 Å². The Labute approximate surface area is 205 Å². The van der Waals surface area contributed by atoms with Gasteiger partial charge in [-0.3, -0.25) is 0 Å². The van der Waals surface area contributed by atoms with Crippen molar-refractivity contribution in [2.45, 2.75) is 24.7 Å². The van der Waals surface area contributed by atoms with Crippen molar-refractivity contribution in [1.29, 1.82) is 0 Å². The van der Waals surface area contributed by atoms with Crippen LogP contribution in [0.1, 0.15) is 29.8 Å². The lowest BCUT2D eigenvalue weighted by molar-refractivity contribution is 0.588. The van der Waals surface area contributed by atoms with Gasteiger partial charge in [-0.25, -0.2) is 31.7 Å². The molecule has 0 amide bonds. The minimum atomic E-state index is -4.06. The molecule has 0 spiro atoms. The van der Waals surface area contributed by atoms with Gasteiger partial charge in [-0.15, -0.1) is 0 Å². The molecule has 0 aliphatic heterocycles. The second kappa shape index (κ2) is 8.68. The predicted molar refractivity (Wildman–Crippen MR) is 132 cm³/mol. The van der Waals surface area contributed by atoms with Crippen LogP contribution in [0.4, 0.5) is 22.0 Å². The summed E-state index contributed by atoms with van der Waals surface area (Å²) >= 11 is 0.